The summed E-state index contributed by atoms with van der Waals surface area (Å²) in [6.45, 7) is 3.55. The maximum Gasteiger partial charge on any atom is 0.273 e. The van der Waals surface area contributed by atoms with Crippen molar-refractivity contribution in [3.8, 4) is 5.75 Å². The molecule has 2 aromatic rings. The van der Waals surface area contributed by atoms with Crippen LogP contribution in [-0.4, -0.2) is 55.2 Å². The van der Waals surface area contributed by atoms with Crippen molar-refractivity contribution >= 4 is 27.7 Å². The molecular formula is C20H24N4O6S. The van der Waals surface area contributed by atoms with E-state index in [-0.39, 0.29) is 21.8 Å². The number of nitrogens with one attached hydrogen (secondary N) is 3. The Morgan fingerprint density at radius 2 is 1.61 bits per heavy atom. The fourth-order valence-corrected chi connectivity index (χ4v) is 4.18. The first-order valence-corrected chi connectivity index (χ1v) is 10.9. The van der Waals surface area contributed by atoms with Gasteiger partial charge in [-0.25, -0.2) is 8.42 Å². The maximum atomic E-state index is 12.6. The molecule has 0 fully saturated rings. The van der Waals surface area contributed by atoms with Crippen molar-refractivity contribution in [1.29, 1.82) is 0 Å². The summed E-state index contributed by atoms with van der Waals surface area (Å²) >= 11 is 0. The van der Waals surface area contributed by atoms with E-state index in [0.29, 0.717) is 13.1 Å². The predicted octanol–water partition coefficient (Wildman–Crippen LogP) is 0.614. The molecule has 0 spiro atoms. The van der Waals surface area contributed by atoms with Crippen LogP contribution in [0.3, 0.4) is 0 Å². The Bertz CT molecular complexity index is 1070. The van der Waals surface area contributed by atoms with Crippen LogP contribution in [0.25, 0.3) is 0 Å². The van der Waals surface area contributed by atoms with Gasteiger partial charge in [0.2, 0.25) is 10.0 Å². The molecule has 0 aliphatic carbocycles. The van der Waals surface area contributed by atoms with E-state index >= 15 is 0 Å². The molecule has 0 saturated heterocycles. The van der Waals surface area contributed by atoms with E-state index in [1.807, 2.05) is 0 Å². The van der Waals surface area contributed by atoms with Gasteiger partial charge in [-0.05, 0) is 30.3 Å². The molecule has 0 aromatic heterocycles. The van der Waals surface area contributed by atoms with E-state index < -0.39 is 34.3 Å². The molecule has 0 heterocycles. The molecule has 0 bridgehead atoms. The van der Waals surface area contributed by atoms with Crippen LogP contribution in [-0.2, 0) is 14.8 Å². The number of nitrogens with zero attached hydrogens (tertiary/aromatic N) is 1. The fourth-order valence-electron chi connectivity index (χ4n) is 2.68. The highest BCUT2D eigenvalue weighted by atomic mass is 32.2. The van der Waals surface area contributed by atoms with Gasteiger partial charge in [0.05, 0.1) is 17.0 Å². The molecule has 0 radical (unpaired) electrons. The smallest absolute Gasteiger partial charge is 0.273 e. The third-order valence-electron chi connectivity index (χ3n) is 4.31. The second-order valence-corrected chi connectivity index (χ2v) is 8.26. The van der Waals surface area contributed by atoms with Gasteiger partial charge < -0.3 is 10.4 Å². The number of hydrogen-bond donors (Lipinski definition) is 4. The molecular weight excluding hydrogens is 424 g/mol. The number of sulfonamides is 1. The minimum atomic E-state index is -3.73. The second kappa shape index (κ2) is 10.5. The number of hydrazine groups is 1. The molecule has 2 rings (SSSR count). The fraction of sp³-hybridized carbons (Fsp3) is 0.250. The molecule has 166 valence electrons. The van der Waals surface area contributed by atoms with Crippen LogP contribution in [0.5, 0.6) is 5.75 Å². The summed E-state index contributed by atoms with van der Waals surface area (Å²) in [5.74, 6) is -2.35. The lowest BCUT2D eigenvalue weighted by Crippen LogP contribution is -2.46. The number of carbonyl (C=O) groups excluding carboxylic acids is 3. The minimum Gasteiger partial charge on any atom is -0.507 e. The lowest BCUT2D eigenvalue weighted by atomic mass is 10.2. The van der Waals surface area contributed by atoms with Gasteiger partial charge in [0.15, 0.2) is 0 Å². The quantitative estimate of drug-likeness (QED) is 0.436. The summed E-state index contributed by atoms with van der Waals surface area (Å²) in [5.41, 5.74) is 4.28. The molecule has 0 atom stereocenters. The lowest BCUT2D eigenvalue weighted by Gasteiger charge is -2.18. The highest BCUT2D eigenvalue weighted by Crippen LogP contribution is 2.17. The Hall–Kier alpha value is -3.44. The van der Waals surface area contributed by atoms with Crippen molar-refractivity contribution in [1.82, 2.24) is 20.5 Å². The van der Waals surface area contributed by atoms with Crippen LogP contribution in [0.15, 0.2) is 53.4 Å². The van der Waals surface area contributed by atoms with Crippen molar-refractivity contribution in [2.24, 2.45) is 0 Å². The van der Waals surface area contributed by atoms with Crippen molar-refractivity contribution < 1.29 is 27.9 Å². The highest BCUT2D eigenvalue weighted by Gasteiger charge is 2.22. The third kappa shape index (κ3) is 6.03. The number of para-hydroxylation sites is 1. The average molecular weight is 449 g/mol. The average Bonchev–Trinajstić information content (AvgIpc) is 2.76. The first kappa shape index (κ1) is 23.8. The SMILES string of the molecule is CCN(CC)S(=O)(=O)c1cccc(C(=O)NCC(=O)NNC(=O)c2ccccc2O)c1. The Kier molecular flexibility index (Phi) is 8.11. The van der Waals surface area contributed by atoms with Gasteiger partial charge in [0, 0.05) is 18.7 Å². The van der Waals surface area contributed by atoms with Crippen LogP contribution in [0, 0.1) is 0 Å². The zero-order valence-corrected chi connectivity index (χ0v) is 17.9. The van der Waals surface area contributed by atoms with Crippen molar-refractivity contribution in [3.63, 3.8) is 0 Å². The number of phenolic OH excluding ortho intramolecular Hbond substituents is 1. The van der Waals surface area contributed by atoms with E-state index in [1.54, 1.807) is 26.0 Å². The Labute approximate surface area is 180 Å². The molecule has 0 aliphatic heterocycles. The number of rotatable bonds is 8. The molecule has 0 aliphatic rings. The Morgan fingerprint density at radius 1 is 0.935 bits per heavy atom. The van der Waals surface area contributed by atoms with E-state index in [0.717, 1.165) is 0 Å². The standard InChI is InChI=1S/C20H24N4O6S/c1-3-24(4-2)31(29,30)15-9-7-8-14(12-15)19(27)21-13-18(26)22-23-20(28)16-10-5-6-11-17(16)25/h5-12,25H,3-4,13H2,1-2H3,(H,21,27)(H,22,26)(H,23,28). The number of carbonyl (C=O) groups is 3. The van der Waals surface area contributed by atoms with Gasteiger partial charge in [0.25, 0.3) is 17.7 Å². The molecule has 2 aromatic carbocycles. The van der Waals surface area contributed by atoms with E-state index in [9.17, 15) is 27.9 Å². The molecule has 4 N–H and O–H groups in total. The number of aromatic hydroxyl groups is 1. The summed E-state index contributed by atoms with van der Waals surface area (Å²) in [5, 5.41) is 12.0. The zero-order chi connectivity index (χ0) is 23.0. The Balaban J connectivity index is 1.95. The van der Waals surface area contributed by atoms with Gasteiger partial charge in [-0.15, -0.1) is 0 Å². The molecule has 0 saturated carbocycles. The first-order valence-electron chi connectivity index (χ1n) is 9.46. The van der Waals surface area contributed by atoms with Crippen molar-refractivity contribution in [2.45, 2.75) is 18.7 Å². The van der Waals surface area contributed by atoms with Gasteiger partial charge in [-0.2, -0.15) is 4.31 Å². The molecule has 0 unspecified atom stereocenters. The summed E-state index contributed by atoms with van der Waals surface area (Å²) in [4.78, 5) is 36.1. The van der Waals surface area contributed by atoms with Gasteiger partial charge >= 0.3 is 0 Å². The Morgan fingerprint density at radius 3 is 2.26 bits per heavy atom. The van der Waals surface area contributed by atoms with Crippen LogP contribution < -0.4 is 16.2 Å². The minimum absolute atomic E-state index is 0.0248. The summed E-state index contributed by atoms with van der Waals surface area (Å²) in [7, 11) is -3.73. The van der Waals surface area contributed by atoms with E-state index in [2.05, 4.69) is 16.2 Å². The van der Waals surface area contributed by atoms with Crippen LogP contribution >= 0.6 is 0 Å². The van der Waals surface area contributed by atoms with Crippen molar-refractivity contribution in [3.05, 3.63) is 59.7 Å². The summed E-state index contributed by atoms with van der Waals surface area (Å²) in [6, 6.07) is 11.3. The number of hydrogen-bond acceptors (Lipinski definition) is 6. The molecule has 10 nitrogen and oxygen atoms in total. The first-order chi connectivity index (χ1) is 14.7. The number of phenols is 1. The molecule has 3 amide bonds. The maximum absolute atomic E-state index is 12.6. The lowest BCUT2D eigenvalue weighted by molar-refractivity contribution is -0.120. The number of benzene rings is 2. The van der Waals surface area contributed by atoms with Crippen molar-refractivity contribution in [2.75, 3.05) is 19.6 Å². The molecule has 11 heteroatoms. The van der Waals surface area contributed by atoms with Crippen LogP contribution in [0.4, 0.5) is 0 Å². The largest absolute Gasteiger partial charge is 0.507 e. The summed E-state index contributed by atoms with van der Waals surface area (Å²) < 4.78 is 26.5. The normalized spacial score (nSPS) is 11.1. The monoisotopic (exact) mass is 448 g/mol. The van der Waals surface area contributed by atoms with Gasteiger partial charge in [0.1, 0.15) is 5.75 Å². The molecule has 31 heavy (non-hydrogen) atoms. The van der Waals surface area contributed by atoms with Crippen LogP contribution in [0.2, 0.25) is 0 Å². The number of amides is 3. The second-order valence-electron chi connectivity index (χ2n) is 6.32. The topological polar surface area (TPSA) is 145 Å². The van der Waals surface area contributed by atoms with Gasteiger partial charge in [-0.3, -0.25) is 25.2 Å². The third-order valence-corrected chi connectivity index (χ3v) is 6.36. The highest BCUT2D eigenvalue weighted by molar-refractivity contribution is 7.89. The zero-order valence-electron chi connectivity index (χ0n) is 17.1. The van der Waals surface area contributed by atoms with E-state index in [1.165, 1.54) is 40.7 Å². The van der Waals surface area contributed by atoms with Crippen LogP contribution in [0.1, 0.15) is 34.6 Å². The summed E-state index contributed by atoms with van der Waals surface area (Å²) in [6.07, 6.45) is 0. The van der Waals surface area contributed by atoms with E-state index in [4.69, 9.17) is 0 Å². The predicted molar refractivity (Wildman–Crippen MR) is 113 cm³/mol. The van der Waals surface area contributed by atoms with Gasteiger partial charge in [-0.1, -0.05) is 32.0 Å².